The lowest BCUT2D eigenvalue weighted by atomic mass is 10.2. The number of nitrogens with one attached hydrogen (secondary N) is 1. The molecule has 0 unspecified atom stereocenters. The first-order chi connectivity index (χ1) is 10.9. The predicted molar refractivity (Wildman–Crippen MR) is 85.9 cm³/mol. The van der Waals surface area contributed by atoms with E-state index in [-0.39, 0.29) is 23.1 Å². The quantitative estimate of drug-likeness (QED) is 0.848. The van der Waals surface area contributed by atoms with E-state index in [4.69, 9.17) is 21.4 Å². The molecule has 0 radical (unpaired) electrons. The second-order valence-corrected chi connectivity index (χ2v) is 5.27. The van der Waals surface area contributed by atoms with Crippen LogP contribution in [-0.4, -0.2) is 28.6 Å². The van der Waals surface area contributed by atoms with Crippen LogP contribution in [0.5, 0.6) is 5.75 Å². The average Bonchev–Trinajstić information content (AvgIpc) is 2.48. The molecule has 0 aliphatic carbocycles. The number of hydrogen-bond donors (Lipinski definition) is 2. The average molecular weight is 335 g/mol. The number of aromatic nitrogens is 1. The number of nitrogens with zero attached hydrogens (tertiary/aromatic N) is 1. The van der Waals surface area contributed by atoms with Gasteiger partial charge in [0, 0.05) is 17.6 Å². The Morgan fingerprint density at radius 1 is 1.30 bits per heavy atom. The molecule has 0 fully saturated rings. The van der Waals surface area contributed by atoms with Gasteiger partial charge in [-0.2, -0.15) is 0 Å². The molecule has 0 atom stereocenters. The molecule has 2 aromatic rings. The van der Waals surface area contributed by atoms with Crippen LogP contribution < -0.4 is 10.1 Å². The summed E-state index contributed by atoms with van der Waals surface area (Å²) in [6.45, 7) is 1.39. The standard InChI is InChI=1S/C16H15ClN2O4/c1-10-2-3-11(8-18-10)6-15(20)19-12-4-5-14(13(17)7-12)23-9-16(21)22/h2-5,7-8H,6,9H2,1H3,(H,19,20)(H,21,22). The minimum Gasteiger partial charge on any atom is -0.480 e. The highest BCUT2D eigenvalue weighted by atomic mass is 35.5. The summed E-state index contributed by atoms with van der Waals surface area (Å²) in [5.74, 6) is -1.05. The zero-order chi connectivity index (χ0) is 16.8. The van der Waals surface area contributed by atoms with Gasteiger partial charge < -0.3 is 15.2 Å². The van der Waals surface area contributed by atoms with Crippen molar-refractivity contribution in [1.29, 1.82) is 0 Å². The van der Waals surface area contributed by atoms with Crippen molar-refractivity contribution in [3.8, 4) is 5.75 Å². The van der Waals surface area contributed by atoms with Crippen LogP contribution in [0, 0.1) is 6.92 Å². The SMILES string of the molecule is Cc1ccc(CC(=O)Nc2ccc(OCC(=O)O)c(Cl)c2)cn1. The van der Waals surface area contributed by atoms with Crippen LogP contribution in [0.2, 0.25) is 5.02 Å². The number of carbonyl (C=O) groups is 2. The molecular formula is C16H15ClN2O4. The van der Waals surface area contributed by atoms with Crippen molar-refractivity contribution in [2.24, 2.45) is 0 Å². The Kier molecular flexibility index (Phi) is 5.54. The first kappa shape index (κ1) is 16.8. The molecule has 23 heavy (non-hydrogen) atoms. The molecule has 6 nitrogen and oxygen atoms in total. The molecule has 0 aliphatic heterocycles. The summed E-state index contributed by atoms with van der Waals surface area (Å²) in [5.41, 5.74) is 2.20. The second-order valence-electron chi connectivity index (χ2n) is 4.86. The number of halogens is 1. The fourth-order valence-corrected chi connectivity index (χ4v) is 2.06. The van der Waals surface area contributed by atoms with E-state index in [1.54, 1.807) is 12.3 Å². The Balaban J connectivity index is 1.96. The van der Waals surface area contributed by atoms with Gasteiger partial charge in [-0.15, -0.1) is 0 Å². The van der Waals surface area contributed by atoms with Gasteiger partial charge in [-0.1, -0.05) is 17.7 Å². The van der Waals surface area contributed by atoms with Crippen LogP contribution in [0.4, 0.5) is 5.69 Å². The van der Waals surface area contributed by atoms with Crippen LogP contribution in [0.15, 0.2) is 36.5 Å². The fraction of sp³-hybridized carbons (Fsp3) is 0.188. The van der Waals surface area contributed by atoms with Crippen molar-refractivity contribution >= 4 is 29.2 Å². The molecule has 120 valence electrons. The summed E-state index contributed by atoms with van der Waals surface area (Å²) < 4.78 is 5.01. The monoisotopic (exact) mass is 334 g/mol. The van der Waals surface area contributed by atoms with Gasteiger partial charge in [-0.3, -0.25) is 9.78 Å². The number of carbonyl (C=O) groups excluding carboxylic acids is 1. The topological polar surface area (TPSA) is 88.5 Å². The Hall–Kier alpha value is -2.60. The lowest BCUT2D eigenvalue weighted by molar-refractivity contribution is -0.139. The van der Waals surface area contributed by atoms with Gasteiger partial charge in [-0.05, 0) is 36.8 Å². The zero-order valence-electron chi connectivity index (χ0n) is 12.4. The number of ether oxygens (including phenoxy) is 1. The summed E-state index contributed by atoms with van der Waals surface area (Å²) in [4.78, 5) is 26.6. The van der Waals surface area contributed by atoms with E-state index in [0.29, 0.717) is 5.69 Å². The maximum absolute atomic E-state index is 12.0. The highest BCUT2D eigenvalue weighted by Crippen LogP contribution is 2.27. The van der Waals surface area contributed by atoms with Gasteiger partial charge in [0.2, 0.25) is 5.91 Å². The summed E-state index contributed by atoms with van der Waals surface area (Å²) >= 11 is 5.99. The summed E-state index contributed by atoms with van der Waals surface area (Å²) in [7, 11) is 0. The first-order valence-corrected chi connectivity index (χ1v) is 7.17. The number of rotatable bonds is 6. The van der Waals surface area contributed by atoms with Crippen molar-refractivity contribution < 1.29 is 19.4 Å². The van der Waals surface area contributed by atoms with Gasteiger partial charge in [0.05, 0.1) is 11.4 Å². The summed E-state index contributed by atoms with van der Waals surface area (Å²) in [6, 6.07) is 8.29. The largest absolute Gasteiger partial charge is 0.480 e. The van der Waals surface area contributed by atoms with E-state index < -0.39 is 12.6 Å². The summed E-state index contributed by atoms with van der Waals surface area (Å²) in [5, 5.41) is 11.5. The lowest BCUT2D eigenvalue weighted by Crippen LogP contribution is -2.14. The molecular weight excluding hydrogens is 320 g/mol. The van der Waals surface area contributed by atoms with Crippen LogP contribution in [0.3, 0.4) is 0 Å². The molecule has 0 aliphatic rings. The number of benzene rings is 1. The zero-order valence-corrected chi connectivity index (χ0v) is 13.1. The molecule has 2 rings (SSSR count). The first-order valence-electron chi connectivity index (χ1n) is 6.79. The van der Waals surface area contributed by atoms with Crippen LogP contribution in [0.1, 0.15) is 11.3 Å². The molecule has 7 heteroatoms. The van der Waals surface area contributed by atoms with Gasteiger partial charge in [0.1, 0.15) is 5.75 Å². The normalized spacial score (nSPS) is 10.2. The molecule has 0 bridgehead atoms. The van der Waals surface area contributed by atoms with Crippen molar-refractivity contribution in [3.63, 3.8) is 0 Å². The predicted octanol–water partition coefficient (Wildman–Crippen LogP) is 2.69. The van der Waals surface area contributed by atoms with E-state index in [0.717, 1.165) is 11.3 Å². The van der Waals surface area contributed by atoms with Gasteiger partial charge in [0.25, 0.3) is 0 Å². The van der Waals surface area contributed by atoms with Crippen molar-refractivity contribution in [3.05, 3.63) is 52.8 Å². The Morgan fingerprint density at radius 2 is 2.09 bits per heavy atom. The van der Waals surface area contributed by atoms with E-state index in [1.165, 1.54) is 12.1 Å². The highest BCUT2D eigenvalue weighted by Gasteiger charge is 2.08. The van der Waals surface area contributed by atoms with Gasteiger partial charge >= 0.3 is 5.97 Å². The van der Waals surface area contributed by atoms with Crippen LogP contribution in [0.25, 0.3) is 0 Å². The minimum absolute atomic E-state index is 0.197. The van der Waals surface area contributed by atoms with Gasteiger partial charge in [0.15, 0.2) is 6.61 Å². The third-order valence-electron chi connectivity index (χ3n) is 2.90. The van der Waals surface area contributed by atoms with Crippen molar-refractivity contribution in [1.82, 2.24) is 4.98 Å². The number of hydrogen-bond acceptors (Lipinski definition) is 4. The molecule has 0 saturated heterocycles. The molecule has 1 aromatic heterocycles. The Morgan fingerprint density at radius 3 is 2.70 bits per heavy atom. The molecule has 1 heterocycles. The minimum atomic E-state index is -1.09. The maximum Gasteiger partial charge on any atom is 0.341 e. The molecule has 2 N–H and O–H groups in total. The lowest BCUT2D eigenvalue weighted by Gasteiger charge is -2.09. The fourth-order valence-electron chi connectivity index (χ4n) is 1.83. The van der Waals surface area contributed by atoms with E-state index in [9.17, 15) is 9.59 Å². The maximum atomic E-state index is 12.0. The van der Waals surface area contributed by atoms with Crippen molar-refractivity contribution in [2.45, 2.75) is 13.3 Å². The smallest absolute Gasteiger partial charge is 0.341 e. The molecule has 1 aromatic carbocycles. The number of amides is 1. The third-order valence-corrected chi connectivity index (χ3v) is 3.20. The molecule has 0 saturated carbocycles. The van der Waals surface area contributed by atoms with Crippen molar-refractivity contribution in [2.75, 3.05) is 11.9 Å². The van der Waals surface area contributed by atoms with Gasteiger partial charge in [-0.25, -0.2) is 4.79 Å². The van der Waals surface area contributed by atoms with Crippen LogP contribution in [-0.2, 0) is 16.0 Å². The van der Waals surface area contributed by atoms with E-state index in [2.05, 4.69) is 10.3 Å². The number of carboxylic acids is 1. The number of anilines is 1. The Labute approximate surface area is 138 Å². The number of aryl methyl sites for hydroxylation is 1. The number of pyridine rings is 1. The number of aliphatic carboxylic acids is 1. The third kappa shape index (κ3) is 5.27. The second kappa shape index (κ2) is 7.60. The van der Waals surface area contributed by atoms with E-state index >= 15 is 0 Å². The summed E-state index contributed by atoms with van der Waals surface area (Å²) in [6.07, 6.45) is 1.85. The van der Waals surface area contributed by atoms with Crippen LogP contribution >= 0.6 is 11.6 Å². The molecule has 1 amide bonds. The highest BCUT2D eigenvalue weighted by molar-refractivity contribution is 6.32. The molecule has 0 spiro atoms. The van der Waals surface area contributed by atoms with E-state index in [1.807, 2.05) is 19.1 Å². The number of carboxylic acid groups (broad SMARTS) is 1. The Bertz CT molecular complexity index is 717.